The van der Waals surface area contributed by atoms with Gasteiger partial charge in [-0.2, -0.15) is 0 Å². The highest BCUT2D eigenvalue weighted by Crippen LogP contribution is 2.21. The van der Waals surface area contributed by atoms with E-state index in [0.29, 0.717) is 29.2 Å². The molecule has 1 aromatic rings. The van der Waals surface area contributed by atoms with Crippen LogP contribution in [0.15, 0.2) is 0 Å². The first-order chi connectivity index (χ1) is 11.2. The molecule has 1 aromatic heterocycles. The molecule has 1 N–H and O–H groups in total. The summed E-state index contributed by atoms with van der Waals surface area (Å²) in [6, 6.07) is 0. The van der Waals surface area contributed by atoms with E-state index in [0.717, 1.165) is 0 Å². The Morgan fingerprint density at radius 3 is 2.29 bits per heavy atom. The summed E-state index contributed by atoms with van der Waals surface area (Å²) >= 11 is 0. The lowest BCUT2D eigenvalue weighted by Gasteiger charge is -2.13. The number of Topliss-reactive ketones (excluding diaryl/α,β-unsaturated/α-hetero) is 1. The molecule has 24 heavy (non-hydrogen) atoms. The molecule has 0 aliphatic rings. The van der Waals surface area contributed by atoms with Crippen molar-refractivity contribution in [3.63, 3.8) is 0 Å². The number of H-pyrrole nitrogens is 1. The van der Waals surface area contributed by atoms with Crippen LogP contribution in [0.1, 0.15) is 72.6 Å². The maximum atomic E-state index is 12.5. The molecule has 0 radical (unpaired) electrons. The molecular weight excluding hydrogens is 310 g/mol. The van der Waals surface area contributed by atoms with Crippen LogP contribution in [0, 0.1) is 19.8 Å². The molecule has 6 heteroatoms. The van der Waals surface area contributed by atoms with E-state index in [-0.39, 0.29) is 24.5 Å². The largest absolute Gasteiger partial charge is 0.462 e. The van der Waals surface area contributed by atoms with Gasteiger partial charge in [-0.05, 0) is 45.6 Å². The molecular formula is C18H27NO5. The Kier molecular flexibility index (Phi) is 7.19. The van der Waals surface area contributed by atoms with E-state index in [9.17, 15) is 14.4 Å². The second kappa shape index (κ2) is 8.66. The molecule has 0 fully saturated rings. The minimum absolute atomic E-state index is 0.260. The summed E-state index contributed by atoms with van der Waals surface area (Å²) < 4.78 is 10.2. The molecule has 0 bridgehead atoms. The highest BCUT2D eigenvalue weighted by atomic mass is 16.5. The maximum Gasteiger partial charge on any atom is 0.340 e. The van der Waals surface area contributed by atoms with E-state index in [4.69, 9.17) is 9.47 Å². The molecule has 0 aliphatic carbocycles. The van der Waals surface area contributed by atoms with Crippen molar-refractivity contribution in [2.24, 2.45) is 5.92 Å². The highest BCUT2D eigenvalue weighted by molar-refractivity contribution is 6.03. The molecule has 134 valence electrons. The Hall–Kier alpha value is -2.11. The van der Waals surface area contributed by atoms with E-state index < -0.39 is 18.0 Å². The van der Waals surface area contributed by atoms with Gasteiger partial charge in [0.2, 0.25) is 5.78 Å². The lowest BCUT2D eigenvalue weighted by molar-refractivity contribution is -0.146. The first kappa shape index (κ1) is 19.9. The Balaban J connectivity index is 2.86. The average Bonchev–Trinajstić information content (AvgIpc) is 2.79. The normalized spacial score (nSPS) is 12.1. The standard InChI is InChI=1S/C18H27NO5/c1-7-23-18(22)15-11(4)16(19-12(15)5)17(21)13(6)24-14(20)9-8-10(2)3/h10,13,19H,7-9H2,1-6H3/t13-/m1/s1. The SMILES string of the molecule is CCOC(=O)c1c(C)[nH]c(C(=O)[C@@H](C)OC(=O)CCC(C)C)c1C. The molecule has 1 atom stereocenters. The summed E-state index contributed by atoms with van der Waals surface area (Å²) in [5, 5.41) is 0. The first-order valence-electron chi connectivity index (χ1n) is 8.28. The zero-order chi connectivity index (χ0) is 18.4. The zero-order valence-corrected chi connectivity index (χ0v) is 15.3. The fourth-order valence-electron chi connectivity index (χ4n) is 2.43. The van der Waals surface area contributed by atoms with Crippen LogP contribution < -0.4 is 0 Å². The summed E-state index contributed by atoms with van der Waals surface area (Å²) in [7, 11) is 0. The predicted molar refractivity (Wildman–Crippen MR) is 90.2 cm³/mol. The molecule has 0 saturated carbocycles. The third-order valence-corrected chi connectivity index (χ3v) is 3.77. The van der Waals surface area contributed by atoms with Crippen LogP contribution in [-0.4, -0.2) is 35.4 Å². The second-order valence-corrected chi connectivity index (χ2v) is 6.27. The second-order valence-electron chi connectivity index (χ2n) is 6.27. The number of carbonyl (C=O) groups is 3. The van der Waals surface area contributed by atoms with Crippen molar-refractivity contribution in [3.05, 3.63) is 22.5 Å². The molecule has 6 nitrogen and oxygen atoms in total. The minimum Gasteiger partial charge on any atom is -0.462 e. The lowest BCUT2D eigenvalue weighted by atomic mass is 10.1. The number of hydrogen-bond donors (Lipinski definition) is 1. The topological polar surface area (TPSA) is 85.5 Å². The van der Waals surface area contributed by atoms with Gasteiger partial charge in [-0.25, -0.2) is 4.79 Å². The summed E-state index contributed by atoms with van der Waals surface area (Å²) in [5.41, 5.74) is 1.71. The smallest absolute Gasteiger partial charge is 0.340 e. The number of aromatic nitrogens is 1. The molecule has 0 unspecified atom stereocenters. The van der Waals surface area contributed by atoms with Crippen LogP contribution in [0.5, 0.6) is 0 Å². The van der Waals surface area contributed by atoms with Gasteiger partial charge in [-0.1, -0.05) is 13.8 Å². The monoisotopic (exact) mass is 337 g/mol. The lowest BCUT2D eigenvalue weighted by Crippen LogP contribution is -2.25. The van der Waals surface area contributed by atoms with Gasteiger partial charge in [0.25, 0.3) is 0 Å². The molecule has 0 spiro atoms. The van der Waals surface area contributed by atoms with Crippen LogP contribution in [0.2, 0.25) is 0 Å². The molecule has 0 amide bonds. The van der Waals surface area contributed by atoms with Gasteiger partial charge in [0.05, 0.1) is 17.9 Å². The number of carbonyl (C=O) groups excluding carboxylic acids is 3. The van der Waals surface area contributed by atoms with Gasteiger partial charge in [0, 0.05) is 12.1 Å². The van der Waals surface area contributed by atoms with Gasteiger partial charge in [0.1, 0.15) is 0 Å². The fraction of sp³-hybridized carbons (Fsp3) is 0.611. The number of esters is 2. The predicted octanol–water partition coefficient (Wildman–Crippen LogP) is 3.36. The van der Waals surface area contributed by atoms with E-state index in [2.05, 4.69) is 4.98 Å². The summed E-state index contributed by atoms with van der Waals surface area (Å²) in [6.45, 7) is 10.9. The van der Waals surface area contributed by atoms with Crippen LogP contribution in [-0.2, 0) is 14.3 Å². The Labute approximate surface area is 142 Å². The maximum absolute atomic E-state index is 12.5. The molecule has 0 aliphatic heterocycles. The number of ketones is 1. The van der Waals surface area contributed by atoms with Gasteiger partial charge in [-0.15, -0.1) is 0 Å². The summed E-state index contributed by atoms with van der Waals surface area (Å²) in [4.78, 5) is 39.2. The number of aromatic amines is 1. The Morgan fingerprint density at radius 1 is 1.12 bits per heavy atom. The fourth-order valence-corrected chi connectivity index (χ4v) is 2.43. The third kappa shape index (κ3) is 4.94. The van der Waals surface area contributed by atoms with Crippen molar-refractivity contribution < 1.29 is 23.9 Å². The Bertz CT molecular complexity index is 615. The van der Waals surface area contributed by atoms with Gasteiger partial charge in [-0.3, -0.25) is 9.59 Å². The molecule has 0 saturated heterocycles. The van der Waals surface area contributed by atoms with Crippen molar-refractivity contribution in [1.29, 1.82) is 0 Å². The van der Waals surface area contributed by atoms with Crippen molar-refractivity contribution in [3.8, 4) is 0 Å². The number of rotatable bonds is 8. The van der Waals surface area contributed by atoms with Gasteiger partial charge >= 0.3 is 11.9 Å². The number of nitrogens with one attached hydrogen (secondary N) is 1. The van der Waals surface area contributed by atoms with Crippen molar-refractivity contribution in [1.82, 2.24) is 4.98 Å². The van der Waals surface area contributed by atoms with Gasteiger partial charge < -0.3 is 14.5 Å². The average molecular weight is 337 g/mol. The zero-order valence-electron chi connectivity index (χ0n) is 15.3. The Morgan fingerprint density at radius 2 is 1.75 bits per heavy atom. The van der Waals surface area contributed by atoms with Crippen molar-refractivity contribution in [2.75, 3.05) is 6.61 Å². The summed E-state index contributed by atoms with van der Waals surface area (Å²) in [6.07, 6.45) is 0.0934. The third-order valence-electron chi connectivity index (χ3n) is 3.77. The number of hydrogen-bond acceptors (Lipinski definition) is 5. The quantitative estimate of drug-likeness (QED) is 0.581. The molecule has 1 rings (SSSR count). The van der Waals surface area contributed by atoms with Crippen LogP contribution in [0.3, 0.4) is 0 Å². The van der Waals surface area contributed by atoms with Crippen LogP contribution in [0.4, 0.5) is 0 Å². The van der Waals surface area contributed by atoms with Crippen LogP contribution in [0.25, 0.3) is 0 Å². The minimum atomic E-state index is -0.906. The molecule has 0 aromatic carbocycles. The van der Waals surface area contributed by atoms with E-state index in [1.54, 1.807) is 20.8 Å². The molecule has 1 heterocycles. The van der Waals surface area contributed by atoms with E-state index in [1.165, 1.54) is 6.92 Å². The van der Waals surface area contributed by atoms with Crippen LogP contribution >= 0.6 is 0 Å². The van der Waals surface area contributed by atoms with E-state index in [1.807, 2.05) is 13.8 Å². The van der Waals surface area contributed by atoms with Gasteiger partial charge in [0.15, 0.2) is 6.10 Å². The van der Waals surface area contributed by atoms with Crippen molar-refractivity contribution >= 4 is 17.7 Å². The summed E-state index contributed by atoms with van der Waals surface area (Å²) in [5.74, 6) is -0.825. The highest BCUT2D eigenvalue weighted by Gasteiger charge is 2.27. The first-order valence-corrected chi connectivity index (χ1v) is 8.28. The number of ether oxygens (including phenoxy) is 2. The van der Waals surface area contributed by atoms with E-state index >= 15 is 0 Å². The number of aryl methyl sites for hydroxylation is 1. The van der Waals surface area contributed by atoms with Crippen molar-refractivity contribution in [2.45, 2.75) is 60.5 Å².